The molecule has 0 saturated heterocycles. The molecule has 0 radical (unpaired) electrons. The van der Waals surface area contributed by atoms with Crippen molar-refractivity contribution in [2.75, 3.05) is 0 Å². The van der Waals surface area contributed by atoms with Gasteiger partial charge in [0.05, 0.1) is 0 Å². The van der Waals surface area contributed by atoms with Crippen LogP contribution in [-0.2, 0) is 0 Å². The molecule has 1 unspecified atom stereocenters. The Morgan fingerprint density at radius 3 is 2.87 bits per heavy atom. The molecule has 1 aliphatic carbocycles. The summed E-state index contributed by atoms with van der Waals surface area (Å²) in [6.45, 7) is 5.67. The molecule has 0 aromatic rings. The topological polar surface area (TPSA) is 26.0 Å². The van der Waals surface area contributed by atoms with E-state index >= 15 is 0 Å². The Morgan fingerprint density at radius 1 is 1.67 bits per heavy atom. The van der Waals surface area contributed by atoms with Crippen molar-refractivity contribution in [2.24, 2.45) is 11.1 Å². The lowest BCUT2D eigenvalue weighted by atomic mass is 9.76. The number of hydrogen-bond donors (Lipinski definition) is 1. The maximum atomic E-state index is 12.2. The first kappa shape index (κ1) is 12.0. The zero-order valence-corrected chi connectivity index (χ0v) is 8.97. The average molecular weight is 213 g/mol. The third-order valence-electron chi connectivity index (χ3n) is 2.51. The number of hydrogen-bond acceptors (Lipinski definition) is 1. The van der Waals surface area contributed by atoms with Crippen molar-refractivity contribution in [2.45, 2.75) is 32.6 Å². The second-order valence-corrected chi connectivity index (χ2v) is 4.45. The highest BCUT2D eigenvalue weighted by Crippen LogP contribution is 2.37. The van der Waals surface area contributed by atoms with Gasteiger partial charge in [-0.05, 0) is 18.3 Å². The van der Waals surface area contributed by atoms with Gasteiger partial charge in [-0.3, -0.25) is 0 Å². The normalized spacial score (nSPS) is 25.5. The van der Waals surface area contributed by atoms with Crippen molar-refractivity contribution >= 4 is 0 Å². The highest BCUT2D eigenvalue weighted by molar-refractivity contribution is 5.24. The quantitative estimate of drug-likeness (QED) is 0.761. The summed E-state index contributed by atoms with van der Waals surface area (Å²) in [4.78, 5) is 0. The molecular weight excluding hydrogens is 196 g/mol. The molecule has 15 heavy (non-hydrogen) atoms. The van der Waals surface area contributed by atoms with Crippen molar-refractivity contribution in [3.63, 3.8) is 0 Å². The van der Waals surface area contributed by atoms with Crippen molar-refractivity contribution < 1.29 is 8.78 Å². The summed E-state index contributed by atoms with van der Waals surface area (Å²) in [5.74, 6) is 0. The van der Waals surface area contributed by atoms with Crippen molar-refractivity contribution in [3.05, 3.63) is 36.1 Å². The Bertz CT molecular complexity index is 305. The van der Waals surface area contributed by atoms with Crippen molar-refractivity contribution in [1.29, 1.82) is 0 Å². The van der Waals surface area contributed by atoms with Gasteiger partial charge in [0.15, 0.2) is 0 Å². The van der Waals surface area contributed by atoms with Crippen molar-refractivity contribution in [3.8, 4) is 0 Å². The maximum Gasteiger partial charge on any atom is 0.242 e. The van der Waals surface area contributed by atoms with E-state index in [4.69, 9.17) is 5.73 Å². The van der Waals surface area contributed by atoms with E-state index in [1.165, 1.54) is 0 Å². The minimum atomic E-state index is -2.27. The Labute approximate surface area is 89.3 Å². The molecule has 2 N–H and O–H groups in total. The summed E-state index contributed by atoms with van der Waals surface area (Å²) in [6, 6.07) is 0. The van der Waals surface area contributed by atoms with E-state index in [1.54, 1.807) is 6.08 Å². The van der Waals surface area contributed by atoms with Crippen LogP contribution in [0, 0.1) is 5.41 Å². The van der Waals surface area contributed by atoms with Crippen LogP contribution in [0.1, 0.15) is 26.2 Å². The van der Waals surface area contributed by atoms with Crippen LogP contribution in [0.2, 0.25) is 0 Å². The van der Waals surface area contributed by atoms with E-state index in [0.717, 1.165) is 5.57 Å². The van der Waals surface area contributed by atoms with Gasteiger partial charge in [0.1, 0.15) is 0 Å². The molecular formula is C12H17F2N. The summed E-state index contributed by atoms with van der Waals surface area (Å²) in [6.07, 6.45) is 4.50. The van der Waals surface area contributed by atoms with Gasteiger partial charge in [-0.25, -0.2) is 8.78 Å². The summed E-state index contributed by atoms with van der Waals surface area (Å²) < 4.78 is 24.5. The first-order valence-corrected chi connectivity index (χ1v) is 5.00. The molecule has 0 amide bonds. The summed E-state index contributed by atoms with van der Waals surface area (Å²) in [7, 11) is 0. The second-order valence-electron chi connectivity index (χ2n) is 4.45. The van der Waals surface area contributed by atoms with E-state index in [-0.39, 0.29) is 11.8 Å². The number of allylic oxidation sites excluding steroid dienone is 5. The summed E-state index contributed by atoms with van der Waals surface area (Å²) in [5, 5.41) is 0. The zero-order chi connectivity index (χ0) is 11.5. The van der Waals surface area contributed by atoms with Gasteiger partial charge in [0.25, 0.3) is 0 Å². The lowest BCUT2D eigenvalue weighted by Gasteiger charge is -2.29. The molecule has 1 aliphatic rings. The van der Waals surface area contributed by atoms with Crippen LogP contribution in [0.3, 0.4) is 0 Å². The highest BCUT2D eigenvalue weighted by atomic mass is 19.3. The Morgan fingerprint density at radius 2 is 2.33 bits per heavy atom. The van der Waals surface area contributed by atoms with Gasteiger partial charge < -0.3 is 5.73 Å². The molecule has 0 spiro atoms. The van der Waals surface area contributed by atoms with Crippen LogP contribution in [0.25, 0.3) is 0 Å². The van der Waals surface area contributed by atoms with Crippen LogP contribution in [0.5, 0.6) is 0 Å². The van der Waals surface area contributed by atoms with Gasteiger partial charge in [-0.15, -0.1) is 0 Å². The second kappa shape index (κ2) is 4.60. The number of alkyl halides is 2. The summed E-state index contributed by atoms with van der Waals surface area (Å²) >= 11 is 0. The lowest BCUT2D eigenvalue weighted by molar-refractivity contribution is 0.146. The van der Waals surface area contributed by atoms with Crippen LogP contribution < -0.4 is 5.73 Å². The fourth-order valence-electron chi connectivity index (χ4n) is 2.03. The molecule has 0 aliphatic heterocycles. The van der Waals surface area contributed by atoms with Crippen LogP contribution in [-0.4, -0.2) is 6.43 Å². The minimum Gasteiger partial charge on any atom is -0.402 e. The van der Waals surface area contributed by atoms with Crippen LogP contribution in [0.15, 0.2) is 36.1 Å². The third kappa shape index (κ3) is 3.86. The molecule has 1 rings (SSSR count). The highest BCUT2D eigenvalue weighted by Gasteiger charge is 2.25. The third-order valence-corrected chi connectivity index (χ3v) is 2.51. The standard InChI is InChI=1S/C12H17F2N/c1-9(15)7-12(2)5-3-4-10(8-12)6-11(13)14/h3-5,11H,1,6-8,15H2,2H3. The fraction of sp³-hybridized carbons (Fsp3) is 0.500. The smallest absolute Gasteiger partial charge is 0.242 e. The molecule has 0 heterocycles. The molecule has 0 aromatic carbocycles. The van der Waals surface area contributed by atoms with Crippen molar-refractivity contribution in [1.82, 2.24) is 0 Å². The SMILES string of the molecule is C=C(N)CC1(C)C=CC=C(CC(F)F)C1. The Balaban J connectivity index is 2.65. The number of rotatable bonds is 4. The minimum absolute atomic E-state index is 0.142. The summed E-state index contributed by atoms with van der Waals surface area (Å²) in [5.41, 5.74) is 6.80. The number of halogens is 2. The Kier molecular flexibility index (Phi) is 3.66. The van der Waals surface area contributed by atoms with Gasteiger partial charge in [-0.2, -0.15) is 0 Å². The zero-order valence-electron chi connectivity index (χ0n) is 8.97. The average Bonchev–Trinajstić information content (AvgIpc) is 1.99. The van der Waals surface area contributed by atoms with E-state index in [1.807, 2.05) is 19.1 Å². The molecule has 84 valence electrons. The van der Waals surface area contributed by atoms with E-state index < -0.39 is 6.43 Å². The van der Waals surface area contributed by atoms with E-state index in [9.17, 15) is 8.78 Å². The van der Waals surface area contributed by atoms with Gasteiger partial charge in [-0.1, -0.05) is 37.3 Å². The van der Waals surface area contributed by atoms with Gasteiger partial charge in [0, 0.05) is 12.1 Å². The van der Waals surface area contributed by atoms with Crippen LogP contribution >= 0.6 is 0 Å². The predicted octanol–water partition coefficient (Wildman–Crippen LogP) is 3.40. The Hall–Kier alpha value is -1.12. The monoisotopic (exact) mass is 213 g/mol. The van der Waals surface area contributed by atoms with E-state index in [2.05, 4.69) is 6.58 Å². The molecule has 0 fully saturated rings. The molecule has 0 saturated carbocycles. The van der Waals surface area contributed by atoms with E-state index in [0.29, 0.717) is 18.5 Å². The molecule has 1 nitrogen and oxygen atoms in total. The molecule has 0 aromatic heterocycles. The molecule has 0 bridgehead atoms. The van der Waals surface area contributed by atoms with Gasteiger partial charge in [0.2, 0.25) is 6.43 Å². The molecule has 3 heteroatoms. The first-order valence-electron chi connectivity index (χ1n) is 5.00. The lowest BCUT2D eigenvalue weighted by Crippen LogP contribution is -2.20. The molecule has 1 atom stereocenters. The number of nitrogens with two attached hydrogens (primary N) is 1. The first-order chi connectivity index (χ1) is 6.91. The predicted molar refractivity (Wildman–Crippen MR) is 58.5 cm³/mol. The fourth-order valence-corrected chi connectivity index (χ4v) is 2.03. The largest absolute Gasteiger partial charge is 0.402 e. The maximum absolute atomic E-state index is 12.2. The van der Waals surface area contributed by atoms with Crippen LogP contribution in [0.4, 0.5) is 8.78 Å². The van der Waals surface area contributed by atoms with Gasteiger partial charge >= 0.3 is 0 Å².